The average molecular weight is 947 g/mol. The van der Waals surface area contributed by atoms with E-state index in [4.69, 9.17) is 23.7 Å². The van der Waals surface area contributed by atoms with Crippen LogP contribution in [0.1, 0.15) is 226 Å². The highest BCUT2D eigenvalue weighted by Gasteiger charge is 2.50. The number of aliphatic carboxylic acids is 1. The molecule has 6 unspecified atom stereocenters. The van der Waals surface area contributed by atoms with Crippen LogP contribution in [0.15, 0.2) is 48.6 Å². The molecule has 0 saturated carbocycles. The van der Waals surface area contributed by atoms with E-state index < -0.39 is 67.3 Å². The molecule has 0 aliphatic carbocycles. The lowest BCUT2D eigenvalue weighted by molar-refractivity contribution is -0.301. The van der Waals surface area contributed by atoms with Crippen LogP contribution in [0.2, 0.25) is 0 Å². The topological polar surface area (TPSA) is 175 Å². The third-order valence-electron chi connectivity index (χ3n) is 11.9. The van der Waals surface area contributed by atoms with Gasteiger partial charge in [-0.25, -0.2) is 4.79 Å². The summed E-state index contributed by atoms with van der Waals surface area (Å²) in [7, 11) is 0. The summed E-state index contributed by atoms with van der Waals surface area (Å²) < 4.78 is 28.2. The zero-order chi connectivity index (χ0) is 49.0. The largest absolute Gasteiger partial charge is 0.479 e. The first-order valence-corrected chi connectivity index (χ1v) is 26.6. The van der Waals surface area contributed by atoms with E-state index >= 15 is 0 Å². The first-order valence-electron chi connectivity index (χ1n) is 26.6. The molecule has 1 aliphatic heterocycles. The fourth-order valence-corrected chi connectivity index (χ4v) is 7.83. The summed E-state index contributed by atoms with van der Waals surface area (Å²) in [6, 6.07) is 0. The summed E-state index contributed by atoms with van der Waals surface area (Å²) in [5.41, 5.74) is 0. The van der Waals surface area contributed by atoms with Gasteiger partial charge in [0.1, 0.15) is 18.8 Å². The molecule has 1 rings (SSSR count). The third-order valence-corrected chi connectivity index (χ3v) is 11.9. The molecular formula is C55H94O12. The molecule has 0 aromatic carbocycles. The van der Waals surface area contributed by atoms with Crippen molar-refractivity contribution in [2.75, 3.05) is 13.2 Å². The SMILES string of the molecule is CC/C=C\C/C=C\C/C=C\C/C=C\CCCCC(=O)OCC(COC1OC(C(=O)O)C(O)C(O)C1OC(=O)CCCCCCCCCCCCC)OC(=O)CCCCCCCCCCCCC. The Morgan fingerprint density at radius 1 is 0.507 bits per heavy atom. The number of carbonyl (C=O) groups is 4. The molecule has 0 aromatic rings. The molecule has 6 atom stereocenters. The van der Waals surface area contributed by atoms with E-state index in [0.717, 1.165) is 83.5 Å². The van der Waals surface area contributed by atoms with Gasteiger partial charge in [-0.05, 0) is 57.8 Å². The summed E-state index contributed by atoms with van der Waals surface area (Å²) in [4.78, 5) is 50.8. The van der Waals surface area contributed by atoms with Crippen molar-refractivity contribution >= 4 is 23.9 Å². The Morgan fingerprint density at radius 2 is 0.940 bits per heavy atom. The van der Waals surface area contributed by atoms with E-state index in [1.165, 1.54) is 83.5 Å². The fraction of sp³-hybridized carbons (Fsp3) is 0.782. The maximum Gasteiger partial charge on any atom is 0.335 e. The Hall–Kier alpha value is -3.32. The minimum absolute atomic E-state index is 0.0596. The zero-order valence-corrected chi connectivity index (χ0v) is 42.1. The van der Waals surface area contributed by atoms with Crippen LogP contribution in [0.3, 0.4) is 0 Å². The van der Waals surface area contributed by atoms with Gasteiger partial charge in [-0.3, -0.25) is 14.4 Å². The number of hydrogen-bond acceptors (Lipinski definition) is 11. The quantitative estimate of drug-likeness (QED) is 0.0228. The van der Waals surface area contributed by atoms with Gasteiger partial charge in [0.05, 0.1) is 6.61 Å². The number of ether oxygens (including phenoxy) is 5. The van der Waals surface area contributed by atoms with Crippen molar-refractivity contribution in [1.29, 1.82) is 0 Å². The molecule has 12 nitrogen and oxygen atoms in total. The number of aliphatic hydroxyl groups excluding tert-OH is 2. The Balaban J connectivity index is 2.75. The van der Waals surface area contributed by atoms with E-state index in [1.54, 1.807) is 0 Å². The second kappa shape index (κ2) is 43.9. The number of esters is 3. The maximum atomic E-state index is 13.0. The number of hydrogen-bond donors (Lipinski definition) is 3. The first kappa shape index (κ1) is 61.7. The lowest BCUT2D eigenvalue weighted by atomic mass is 9.98. The molecule has 67 heavy (non-hydrogen) atoms. The minimum atomic E-state index is -1.90. The number of aliphatic hydroxyl groups is 2. The number of rotatable bonds is 44. The van der Waals surface area contributed by atoms with Gasteiger partial charge in [0.2, 0.25) is 0 Å². The second-order valence-electron chi connectivity index (χ2n) is 18.1. The third kappa shape index (κ3) is 34.6. The minimum Gasteiger partial charge on any atom is -0.479 e. The van der Waals surface area contributed by atoms with Crippen LogP contribution in [-0.2, 0) is 42.9 Å². The van der Waals surface area contributed by atoms with Crippen LogP contribution in [0.25, 0.3) is 0 Å². The molecule has 12 heteroatoms. The molecule has 0 bridgehead atoms. The van der Waals surface area contributed by atoms with Gasteiger partial charge in [0, 0.05) is 19.3 Å². The first-order chi connectivity index (χ1) is 32.6. The number of unbranched alkanes of at least 4 members (excludes halogenated alkanes) is 22. The van der Waals surface area contributed by atoms with Gasteiger partial charge in [0.25, 0.3) is 0 Å². The monoisotopic (exact) mass is 947 g/mol. The molecule has 1 saturated heterocycles. The van der Waals surface area contributed by atoms with Crippen LogP contribution in [-0.4, -0.2) is 89.2 Å². The molecule has 0 radical (unpaired) electrons. The summed E-state index contributed by atoms with van der Waals surface area (Å²) in [5, 5.41) is 31.3. The van der Waals surface area contributed by atoms with Crippen molar-refractivity contribution in [1.82, 2.24) is 0 Å². The normalized spacial score (nSPS) is 19.2. The Bertz CT molecular complexity index is 1360. The molecule has 386 valence electrons. The van der Waals surface area contributed by atoms with Gasteiger partial charge in [-0.15, -0.1) is 0 Å². The number of carboxylic acids is 1. The average Bonchev–Trinajstić information content (AvgIpc) is 3.31. The highest BCUT2D eigenvalue weighted by atomic mass is 16.7. The molecule has 0 amide bonds. The van der Waals surface area contributed by atoms with Gasteiger partial charge >= 0.3 is 23.9 Å². The smallest absolute Gasteiger partial charge is 0.335 e. The van der Waals surface area contributed by atoms with E-state index in [2.05, 4.69) is 69.4 Å². The molecular weight excluding hydrogens is 853 g/mol. The summed E-state index contributed by atoms with van der Waals surface area (Å²) in [5.74, 6) is -3.16. The Labute approximate surface area is 405 Å². The molecule has 0 spiro atoms. The molecule has 3 N–H and O–H groups in total. The molecule has 1 heterocycles. The fourth-order valence-electron chi connectivity index (χ4n) is 7.83. The highest BCUT2D eigenvalue weighted by Crippen LogP contribution is 2.26. The predicted octanol–water partition coefficient (Wildman–Crippen LogP) is 12.7. The standard InChI is InChI=1S/C55H94O12/c1-4-7-10-13-16-19-22-23-24-25-28-29-32-35-38-41-47(56)63-44-46(65-48(57)42-39-36-33-30-26-20-17-14-11-8-5-2)45-64-55-53(51(60)50(59)52(67-55)54(61)62)66-49(58)43-40-37-34-31-27-21-18-15-12-9-6-3/h7,10,16,19,23-24,28-29,46,50-53,55,59-60H,4-6,8-9,11-15,17-18,20-22,25-27,30-45H2,1-3H3,(H,61,62)/b10-7-,19-16-,24-23-,29-28-. The lowest BCUT2D eigenvalue weighted by Crippen LogP contribution is -2.61. The van der Waals surface area contributed by atoms with E-state index in [-0.39, 0.29) is 25.9 Å². The molecule has 1 aliphatic rings. The van der Waals surface area contributed by atoms with Crippen LogP contribution in [0.5, 0.6) is 0 Å². The van der Waals surface area contributed by atoms with E-state index in [9.17, 15) is 34.5 Å². The van der Waals surface area contributed by atoms with Crippen molar-refractivity contribution < 1.29 is 58.2 Å². The van der Waals surface area contributed by atoms with Crippen molar-refractivity contribution in [2.45, 2.75) is 263 Å². The molecule has 1 fully saturated rings. The van der Waals surface area contributed by atoms with Gasteiger partial charge in [-0.2, -0.15) is 0 Å². The van der Waals surface area contributed by atoms with E-state index in [0.29, 0.717) is 19.3 Å². The zero-order valence-electron chi connectivity index (χ0n) is 42.1. The van der Waals surface area contributed by atoms with Gasteiger partial charge in [-0.1, -0.05) is 198 Å². The summed E-state index contributed by atoms with van der Waals surface area (Å²) >= 11 is 0. The second-order valence-corrected chi connectivity index (χ2v) is 18.1. The molecule has 0 aromatic heterocycles. The van der Waals surface area contributed by atoms with Gasteiger partial charge < -0.3 is 39.0 Å². The van der Waals surface area contributed by atoms with Gasteiger partial charge in [0.15, 0.2) is 24.6 Å². The number of carboxylic acid groups (broad SMARTS) is 1. The predicted molar refractivity (Wildman–Crippen MR) is 266 cm³/mol. The van der Waals surface area contributed by atoms with Crippen molar-refractivity contribution in [2.24, 2.45) is 0 Å². The van der Waals surface area contributed by atoms with Crippen molar-refractivity contribution in [3.05, 3.63) is 48.6 Å². The maximum absolute atomic E-state index is 13.0. The number of allylic oxidation sites excluding steroid dienone is 8. The summed E-state index contributed by atoms with van der Waals surface area (Å²) in [6.45, 7) is 5.80. The van der Waals surface area contributed by atoms with E-state index in [1.807, 2.05) is 0 Å². The Kier molecular flexibility index (Phi) is 40.4. The van der Waals surface area contributed by atoms with Crippen LogP contribution in [0, 0.1) is 0 Å². The van der Waals surface area contributed by atoms with Crippen LogP contribution < -0.4 is 0 Å². The lowest BCUT2D eigenvalue weighted by Gasteiger charge is -2.40. The summed E-state index contributed by atoms with van der Waals surface area (Å²) in [6.07, 6.45) is 38.2. The van der Waals surface area contributed by atoms with Crippen LogP contribution in [0.4, 0.5) is 0 Å². The Morgan fingerprint density at radius 3 is 1.43 bits per heavy atom. The van der Waals surface area contributed by atoms with Crippen molar-refractivity contribution in [3.8, 4) is 0 Å². The van der Waals surface area contributed by atoms with Crippen molar-refractivity contribution in [3.63, 3.8) is 0 Å². The number of carbonyl (C=O) groups excluding carboxylic acids is 3. The highest BCUT2D eigenvalue weighted by molar-refractivity contribution is 5.74. The van der Waals surface area contributed by atoms with Crippen LogP contribution >= 0.6 is 0 Å².